The predicted molar refractivity (Wildman–Crippen MR) is 79.7 cm³/mol. The number of nitrogens with zero attached hydrogens (tertiary/aromatic N) is 1. The lowest BCUT2D eigenvalue weighted by molar-refractivity contribution is 0.0741. The molecule has 0 radical (unpaired) electrons. The van der Waals surface area contributed by atoms with Gasteiger partial charge in [-0.05, 0) is 43.0 Å². The Morgan fingerprint density at radius 3 is 2.89 bits per heavy atom. The fourth-order valence-corrected chi connectivity index (χ4v) is 2.48. The molecular formula is C16H24N2O. The molecule has 0 fully saturated rings. The second-order valence-corrected chi connectivity index (χ2v) is 5.41. The molecule has 104 valence electrons. The first-order chi connectivity index (χ1) is 9.15. The quantitative estimate of drug-likeness (QED) is 0.882. The lowest BCUT2D eigenvalue weighted by atomic mass is 10.1. The Morgan fingerprint density at radius 1 is 1.42 bits per heavy atom. The molecule has 1 aliphatic heterocycles. The van der Waals surface area contributed by atoms with E-state index in [9.17, 15) is 4.79 Å². The summed E-state index contributed by atoms with van der Waals surface area (Å²) in [6, 6.07) is 6.03. The number of hydrogen-bond donors (Lipinski definition) is 1. The number of amides is 1. The summed E-state index contributed by atoms with van der Waals surface area (Å²) in [6.45, 7) is 9.03. The van der Waals surface area contributed by atoms with E-state index in [4.69, 9.17) is 0 Å². The topological polar surface area (TPSA) is 32.3 Å². The molecule has 0 saturated heterocycles. The molecule has 1 amide bonds. The molecule has 1 atom stereocenters. The number of rotatable bonds is 5. The summed E-state index contributed by atoms with van der Waals surface area (Å²) in [4.78, 5) is 14.5. The zero-order valence-corrected chi connectivity index (χ0v) is 12.2. The van der Waals surface area contributed by atoms with Crippen LogP contribution in [0, 0.1) is 5.92 Å². The molecule has 0 aliphatic carbocycles. The van der Waals surface area contributed by atoms with Gasteiger partial charge in [-0.15, -0.1) is 0 Å². The summed E-state index contributed by atoms with van der Waals surface area (Å²) in [5, 5.41) is 3.33. The highest BCUT2D eigenvalue weighted by Crippen LogP contribution is 2.23. The number of hydrogen-bond acceptors (Lipinski definition) is 2. The van der Waals surface area contributed by atoms with Crippen LogP contribution in [0.2, 0.25) is 0 Å². The second-order valence-electron chi connectivity index (χ2n) is 5.41. The summed E-state index contributed by atoms with van der Waals surface area (Å²) in [5.41, 5.74) is 3.28. The van der Waals surface area contributed by atoms with E-state index in [0.717, 1.165) is 38.0 Å². The van der Waals surface area contributed by atoms with E-state index in [2.05, 4.69) is 32.2 Å². The maximum atomic E-state index is 12.5. The molecule has 1 aromatic carbocycles. The van der Waals surface area contributed by atoms with Gasteiger partial charge in [0.2, 0.25) is 0 Å². The van der Waals surface area contributed by atoms with Crippen LogP contribution in [0.25, 0.3) is 0 Å². The molecule has 1 aromatic rings. The van der Waals surface area contributed by atoms with Crippen LogP contribution in [0.15, 0.2) is 18.2 Å². The number of anilines is 1. The monoisotopic (exact) mass is 260 g/mol. The fourth-order valence-electron chi connectivity index (χ4n) is 2.48. The van der Waals surface area contributed by atoms with Gasteiger partial charge >= 0.3 is 0 Å². The molecule has 1 heterocycles. The van der Waals surface area contributed by atoms with Crippen LogP contribution in [0.1, 0.15) is 43.1 Å². The number of carbonyl (C=O) groups is 1. The van der Waals surface area contributed by atoms with Crippen molar-refractivity contribution in [2.45, 2.75) is 33.6 Å². The lowest BCUT2D eigenvalue weighted by Crippen LogP contribution is -2.34. The standard InChI is InChI=1S/C16H24N2O/c1-4-12(3)11-18(5-2)16(19)14-6-7-15-13(10-14)8-9-17-15/h6-7,10,12,17H,4-5,8-9,11H2,1-3H3. The summed E-state index contributed by atoms with van der Waals surface area (Å²) < 4.78 is 0. The molecule has 3 heteroatoms. The molecular weight excluding hydrogens is 236 g/mol. The number of benzene rings is 1. The minimum atomic E-state index is 0.164. The SMILES string of the molecule is CCC(C)CN(CC)C(=O)c1ccc2c(c1)CCN2. The third kappa shape index (κ3) is 3.09. The molecule has 1 aliphatic rings. The molecule has 19 heavy (non-hydrogen) atoms. The average molecular weight is 260 g/mol. The van der Waals surface area contributed by atoms with Crippen molar-refractivity contribution < 1.29 is 4.79 Å². The first kappa shape index (κ1) is 13.9. The Bertz CT molecular complexity index is 456. The maximum Gasteiger partial charge on any atom is 0.253 e. The molecule has 0 saturated carbocycles. The molecule has 1 N–H and O–H groups in total. The van der Waals surface area contributed by atoms with Crippen molar-refractivity contribution in [2.75, 3.05) is 25.0 Å². The minimum Gasteiger partial charge on any atom is -0.384 e. The van der Waals surface area contributed by atoms with Crippen molar-refractivity contribution in [1.29, 1.82) is 0 Å². The van der Waals surface area contributed by atoms with Crippen LogP contribution in [0.4, 0.5) is 5.69 Å². The van der Waals surface area contributed by atoms with Crippen LogP contribution >= 0.6 is 0 Å². The summed E-state index contributed by atoms with van der Waals surface area (Å²) in [5.74, 6) is 0.720. The molecule has 1 unspecified atom stereocenters. The summed E-state index contributed by atoms with van der Waals surface area (Å²) >= 11 is 0. The average Bonchev–Trinajstić information content (AvgIpc) is 2.90. The van der Waals surface area contributed by atoms with Crippen LogP contribution in [-0.4, -0.2) is 30.4 Å². The van der Waals surface area contributed by atoms with Crippen molar-refractivity contribution in [3.8, 4) is 0 Å². The Kier molecular flexibility index (Phi) is 4.46. The van der Waals surface area contributed by atoms with Gasteiger partial charge in [0.05, 0.1) is 0 Å². The van der Waals surface area contributed by atoms with Gasteiger partial charge < -0.3 is 10.2 Å². The van der Waals surface area contributed by atoms with E-state index in [-0.39, 0.29) is 5.91 Å². The molecule has 0 bridgehead atoms. The first-order valence-electron chi connectivity index (χ1n) is 7.31. The highest BCUT2D eigenvalue weighted by atomic mass is 16.2. The number of nitrogens with one attached hydrogen (secondary N) is 1. The molecule has 0 aromatic heterocycles. The molecule has 2 rings (SSSR count). The van der Waals surface area contributed by atoms with Crippen LogP contribution in [-0.2, 0) is 6.42 Å². The lowest BCUT2D eigenvalue weighted by Gasteiger charge is -2.24. The summed E-state index contributed by atoms with van der Waals surface area (Å²) in [6.07, 6.45) is 2.13. The fraction of sp³-hybridized carbons (Fsp3) is 0.562. The van der Waals surface area contributed by atoms with Gasteiger partial charge in [-0.25, -0.2) is 0 Å². The first-order valence-corrected chi connectivity index (χ1v) is 7.31. The van der Waals surface area contributed by atoms with E-state index < -0.39 is 0 Å². The molecule has 3 nitrogen and oxygen atoms in total. The van der Waals surface area contributed by atoms with Crippen LogP contribution in [0.3, 0.4) is 0 Å². The van der Waals surface area contributed by atoms with Crippen molar-refractivity contribution in [2.24, 2.45) is 5.92 Å². The van der Waals surface area contributed by atoms with E-state index in [0.29, 0.717) is 5.92 Å². The summed E-state index contributed by atoms with van der Waals surface area (Å²) in [7, 11) is 0. The van der Waals surface area contributed by atoms with Crippen molar-refractivity contribution in [3.63, 3.8) is 0 Å². The van der Waals surface area contributed by atoms with Gasteiger partial charge in [0.15, 0.2) is 0 Å². The minimum absolute atomic E-state index is 0.164. The number of carbonyl (C=O) groups excluding carboxylic acids is 1. The van der Waals surface area contributed by atoms with E-state index in [1.165, 1.54) is 11.3 Å². The normalized spacial score (nSPS) is 14.7. The van der Waals surface area contributed by atoms with E-state index >= 15 is 0 Å². The van der Waals surface area contributed by atoms with Crippen LogP contribution in [0.5, 0.6) is 0 Å². The Morgan fingerprint density at radius 2 is 2.21 bits per heavy atom. The van der Waals surface area contributed by atoms with Gasteiger partial charge in [0, 0.05) is 30.9 Å². The Hall–Kier alpha value is -1.51. The van der Waals surface area contributed by atoms with Crippen LogP contribution < -0.4 is 5.32 Å². The van der Waals surface area contributed by atoms with E-state index in [1.54, 1.807) is 0 Å². The smallest absolute Gasteiger partial charge is 0.253 e. The van der Waals surface area contributed by atoms with Gasteiger partial charge in [-0.3, -0.25) is 4.79 Å². The van der Waals surface area contributed by atoms with Crippen molar-refractivity contribution in [3.05, 3.63) is 29.3 Å². The van der Waals surface area contributed by atoms with Crippen molar-refractivity contribution >= 4 is 11.6 Å². The third-order valence-corrected chi connectivity index (χ3v) is 3.96. The second kappa shape index (κ2) is 6.09. The van der Waals surface area contributed by atoms with Gasteiger partial charge in [-0.2, -0.15) is 0 Å². The third-order valence-electron chi connectivity index (χ3n) is 3.96. The van der Waals surface area contributed by atoms with Gasteiger partial charge in [-0.1, -0.05) is 20.3 Å². The number of fused-ring (bicyclic) bond motifs is 1. The predicted octanol–water partition coefficient (Wildman–Crippen LogP) is 3.16. The van der Waals surface area contributed by atoms with E-state index in [1.807, 2.05) is 17.0 Å². The molecule has 0 spiro atoms. The highest BCUT2D eigenvalue weighted by molar-refractivity contribution is 5.95. The maximum absolute atomic E-state index is 12.5. The highest BCUT2D eigenvalue weighted by Gasteiger charge is 2.18. The zero-order chi connectivity index (χ0) is 13.8. The largest absolute Gasteiger partial charge is 0.384 e. The van der Waals surface area contributed by atoms with Gasteiger partial charge in [0.1, 0.15) is 0 Å². The zero-order valence-electron chi connectivity index (χ0n) is 12.2. The van der Waals surface area contributed by atoms with Crippen molar-refractivity contribution in [1.82, 2.24) is 4.90 Å². The Labute approximate surface area is 116 Å². The van der Waals surface area contributed by atoms with Gasteiger partial charge in [0.25, 0.3) is 5.91 Å². The Balaban J connectivity index is 2.13.